The van der Waals surface area contributed by atoms with E-state index in [0.717, 1.165) is 0 Å². The molecule has 1 fully saturated rings. The number of aliphatic hydroxyl groups excluding tert-OH is 2. The number of anilines is 1. The summed E-state index contributed by atoms with van der Waals surface area (Å²) in [6.45, 7) is -0.357. The molecule has 1 saturated heterocycles. The van der Waals surface area contributed by atoms with Crippen LogP contribution in [0.3, 0.4) is 0 Å². The van der Waals surface area contributed by atoms with Gasteiger partial charge in [0.1, 0.15) is 36.8 Å². The number of carboxylic acids is 1. The van der Waals surface area contributed by atoms with Crippen molar-refractivity contribution in [2.24, 2.45) is 0 Å². The molecule has 3 heterocycles. The molecule has 0 aromatic carbocycles. The Kier molecular flexibility index (Phi) is 4.97. The van der Waals surface area contributed by atoms with Crippen molar-refractivity contribution in [2.75, 3.05) is 12.3 Å². The lowest BCUT2D eigenvalue weighted by molar-refractivity contribution is -0.305. The number of nitrogens with zero attached hydrogens (tertiary/aromatic N) is 4. The van der Waals surface area contributed by atoms with Crippen LogP contribution in [-0.4, -0.2) is 66.6 Å². The molecule has 0 aliphatic carbocycles. The summed E-state index contributed by atoms with van der Waals surface area (Å²) < 4.78 is 11.8. The van der Waals surface area contributed by atoms with Gasteiger partial charge in [-0.15, -0.1) is 0 Å². The van der Waals surface area contributed by atoms with Crippen molar-refractivity contribution in [1.82, 2.24) is 19.5 Å². The van der Waals surface area contributed by atoms with Gasteiger partial charge >= 0.3 is 5.97 Å². The quantitative estimate of drug-likeness (QED) is 0.445. The summed E-state index contributed by atoms with van der Waals surface area (Å²) in [5, 5.41) is 30.7. The van der Waals surface area contributed by atoms with E-state index in [4.69, 9.17) is 15.2 Å². The SMILES string of the molecule is Nc1ncnc2c1ncn2C1OC(COC(=O)CCC(=O)[O-])C(O)C1O. The molecule has 2 aromatic rings. The summed E-state index contributed by atoms with van der Waals surface area (Å²) in [7, 11) is 0. The maximum absolute atomic E-state index is 11.5. The van der Waals surface area contributed by atoms with E-state index in [0.29, 0.717) is 11.2 Å². The molecule has 0 bridgehead atoms. The fourth-order valence-corrected chi connectivity index (χ4v) is 2.60. The monoisotopic (exact) mass is 366 g/mol. The van der Waals surface area contributed by atoms with Crippen LogP contribution in [-0.2, 0) is 19.1 Å². The Morgan fingerprint density at radius 3 is 2.77 bits per heavy atom. The summed E-state index contributed by atoms with van der Waals surface area (Å²) in [5.74, 6) is -2.00. The molecule has 3 rings (SSSR count). The lowest BCUT2D eigenvalue weighted by atomic mass is 10.1. The smallest absolute Gasteiger partial charge is 0.306 e. The van der Waals surface area contributed by atoms with Gasteiger partial charge < -0.3 is 35.3 Å². The highest BCUT2D eigenvalue weighted by molar-refractivity contribution is 5.81. The van der Waals surface area contributed by atoms with E-state index < -0.39 is 42.9 Å². The zero-order valence-electron chi connectivity index (χ0n) is 13.4. The van der Waals surface area contributed by atoms with Crippen molar-refractivity contribution < 1.29 is 34.4 Å². The number of hydrogen-bond donors (Lipinski definition) is 3. The largest absolute Gasteiger partial charge is 0.550 e. The maximum atomic E-state index is 11.5. The van der Waals surface area contributed by atoms with Crippen LogP contribution < -0.4 is 10.8 Å². The van der Waals surface area contributed by atoms with Gasteiger partial charge in [0.2, 0.25) is 0 Å². The van der Waals surface area contributed by atoms with Crippen LogP contribution in [0.5, 0.6) is 0 Å². The standard InChI is InChI=1S/C14H17N5O7/c15-12-9-13(17-4-16-12)19(5-18-9)14-11(24)10(23)6(26-14)3-25-8(22)2-1-7(20)21/h4-6,10-11,14,23-24H,1-3H2,(H,20,21)(H2,15,16,17)/p-1. The van der Waals surface area contributed by atoms with Crippen molar-refractivity contribution in [3.63, 3.8) is 0 Å². The molecule has 140 valence electrons. The van der Waals surface area contributed by atoms with Crippen LogP contribution in [0.2, 0.25) is 0 Å². The Hall–Kier alpha value is -2.83. The highest BCUT2D eigenvalue weighted by Gasteiger charge is 2.44. The second kappa shape index (κ2) is 7.19. The van der Waals surface area contributed by atoms with E-state index >= 15 is 0 Å². The van der Waals surface area contributed by atoms with Gasteiger partial charge in [-0.05, 0) is 6.42 Å². The minimum Gasteiger partial charge on any atom is -0.550 e. The third-order valence-electron chi connectivity index (χ3n) is 3.94. The second-order valence-electron chi connectivity index (χ2n) is 5.68. The minimum absolute atomic E-state index is 0.153. The fourth-order valence-electron chi connectivity index (χ4n) is 2.60. The van der Waals surface area contributed by atoms with E-state index in [1.54, 1.807) is 0 Å². The second-order valence-corrected chi connectivity index (χ2v) is 5.68. The lowest BCUT2D eigenvalue weighted by Gasteiger charge is -2.16. The number of nitrogens with two attached hydrogens (primary N) is 1. The molecule has 1 aliphatic heterocycles. The molecule has 0 spiro atoms. The third-order valence-corrected chi connectivity index (χ3v) is 3.94. The number of carbonyl (C=O) groups is 2. The predicted molar refractivity (Wildman–Crippen MR) is 80.9 cm³/mol. The van der Waals surface area contributed by atoms with Crippen LogP contribution in [0.15, 0.2) is 12.7 Å². The number of ether oxygens (including phenoxy) is 2. The van der Waals surface area contributed by atoms with Crippen LogP contribution in [0.25, 0.3) is 11.2 Å². The minimum atomic E-state index is -1.37. The number of aliphatic hydroxyl groups is 2. The summed E-state index contributed by atoms with van der Waals surface area (Å²) in [5.41, 5.74) is 6.33. The summed E-state index contributed by atoms with van der Waals surface area (Å²) in [6, 6.07) is 0. The molecule has 4 unspecified atom stereocenters. The fraction of sp³-hybridized carbons (Fsp3) is 0.500. The third kappa shape index (κ3) is 3.42. The number of imidazole rings is 1. The maximum Gasteiger partial charge on any atom is 0.306 e. The Morgan fingerprint density at radius 1 is 1.27 bits per heavy atom. The van der Waals surface area contributed by atoms with Crippen molar-refractivity contribution >= 4 is 28.9 Å². The van der Waals surface area contributed by atoms with Gasteiger partial charge in [0.05, 0.1) is 12.7 Å². The van der Waals surface area contributed by atoms with E-state index in [1.165, 1.54) is 17.2 Å². The first-order chi connectivity index (χ1) is 12.4. The first-order valence-electron chi connectivity index (χ1n) is 7.68. The lowest BCUT2D eigenvalue weighted by Crippen LogP contribution is -2.34. The van der Waals surface area contributed by atoms with E-state index in [9.17, 15) is 24.9 Å². The number of rotatable bonds is 6. The van der Waals surface area contributed by atoms with Gasteiger partial charge in [-0.1, -0.05) is 0 Å². The first kappa shape index (κ1) is 18.0. The van der Waals surface area contributed by atoms with Crippen LogP contribution >= 0.6 is 0 Å². The summed E-state index contributed by atoms with van der Waals surface area (Å²) >= 11 is 0. The zero-order chi connectivity index (χ0) is 18.8. The highest BCUT2D eigenvalue weighted by atomic mass is 16.6. The number of carbonyl (C=O) groups excluding carboxylic acids is 2. The first-order valence-corrected chi connectivity index (χ1v) is 7.68. The number of nitrogen functional groups attached to an aromatic ring is 1. The number of esters is 1. The Labute approximate surface area is 146 Å². The van der Waals surface area contributed by atoms with Crippen molar-refractivity contribution in [3.05, 3.63) is 12.7 Å². The Bertz CT molecular complexity index is 825. The highest BCUT2D eigenvalue weighted by Crippen LogP contribution is 2.32. The molecule has 2 aromatic heterocycles. The van der Waals surface area contributed by atoms with Crippen molar-refractivity contribution in [1.29, 1.82) is 0 Å². The number of carboxylic acid groups (broad SMARTS) is 1. The molecule has 4 N–H and O–H groups in total. The van der Waals surface area contributed by atoms with Gasteiger partial charge in [0.15, 0.2) is 17.7 Å². The number of fused-ring (bicyclic) bond motifs is 1. The predicted octanol–water partition coefficient (Wildman–Crippen LogP) is -2.90. The van der Waals surface area contributed by atoms with Crippen molar-refractivity contribution in [3.8, 4) is 0 Å². The Balaban J connectivity index is 1.68. The summed E-state index contributed by atoms with van der Waals surface area (Å²) in [6.07, 6.45) is -3.00. The average Bonchev–Trinajstić information content (AvgIpc) is 3.15. The molecule has 0 amide bonds. The molecule has 12 heteroatoms. The van der Waals surface area contributed by atoms with Gasteiger partial charge in [0.25, 0.3) is 0 Å². The van der Waals surface area contributed by atoms with Crippen LogP contribution in [0.4, 0.5) is 5.82 Å². The average molecular weight is 366 g/mol. The molecule has 0 saturated carbocycles. The van der Waals surface area contributed by atoms with Gasteiger partial charge in [0, 0.05) is 5.97 Å². The number of aromatic nitrogens is 4. The van der Waals surface area contributed by atoms with Gasteiger partial charge in [-0.2, -0.15) is 0 Å². The molecule has 12 nitrogen and oxygen atoms in total. The van der Waals surface area contributed by atoms with E-state index in [1.807, 2.05) is 0 Å². The molecule has 0 radical (unpaired) electrons. The van der Waals surface area contributed by atoms with Crippen LogP contribution in [0, 0.1) is 0 Å². The number of aliphatic carboxylic acids is 1. The Morgan fingerprint density at radius 2 is 2.04 bits per heavy atom. The van der Waals surface area contributed by atoms with Crippen molar-refractivity contribution in [2.45, 2.75) is 37.4 Å². The van der Waals surface area contributed by atoms with Crippen LogP contribution in [0.1, 0.15) is 19.1 Å². The summed E-state index contributed by atoms with van der Waals surface area (Å²) in [4.78, 5) is 33.7. The zero-order valence-corrected chi connectivity index (χ0v) is 13.4. The molecule has 1 aliphatic rings. The van der Waals surface area contributed by atoms with E-state index in [-0.39, 0.29) is 18.8 Å². The molecule has 26 heavy (non-hydrogen) atoms. The molecular formula is C14H16N5O7-. The van der Waals surface area contributed by atoms with Gasteiger partial charge in [-0.25, -0.2) is 15.0 Å². The van der Waals surface area contributed by atoms with Gasteiger partial charge in [-0.3, -0.25) is 9.36 Å². The topological polar surface area (TPSA) is 186 Å². The molecule has 4 atom stereocenters. The van der Waals surface area contributed by atoms with E-state index in [2.05, 4.69) is 15.0 Å². The number of hydrogen-bond acceptors (Lipinski definition) is 11. The normalized spacial score (nSPS) is 25.5. The molecular weight excluding hydrogens is 350 g/mol.